The Morgan fingerprint density at radius 3 is 1.16 bits per heavy atom. The molecule has 0 aliphatic rings. The Hall–Kier alpha value is -10.7. The fourth-order valence-electron chi connectivity index (χ4n) is 10.6. The number of aromatic nitrogens is 2. The van der Waals surface area contributed by atoms with Crippen LogP contribution >= 0.6 is 25.3 Å². The first kappa shape index (κ1) is 77.3. The fraction of sp³-hybridized carbons (Fsp3) is 0.379. The first-order chi connectivity index (χ1) is 47.4. The SMILES string of the molecule is CC(=O)N[C@@H](Cc1c[nH]c2ccccc12)C(=O)N[C@@H](CS)C(=O)N[C@@H](CCCNC(=N)N)C(=O)N[C@@H](Cc1ccccc1)C(=O)N[C@@H](Cc1ccccc1)C(=O)N[C@@H](CCCNC(=N)N)C(=O)N[C@@H](CO)C(=O)N[C@@H](C)C(=O)N[C@@H](CS)C(=O)N[C@@H](Cc1c[nH]c2ccccc12)C(N)=O. The van der Waals surface area contributed by atoms with Gasteiger partial charge in [0.1, 0.15) is 60.4 Å². The smallest absolute Gasteiger partial charge is 0.245 e. The fourth-order valence-corrected chi connectivity index (χ4v) is 11.1. The van der Waals surface area contributed by atoms with E-state index in [1.165, 1.54) is 13.8 Å². The van der Waals surface area contributed by atoms with Gasteiger partial charge in [0, 0.05) is 91.4 Å². The lowest BCUT2D eigenvalue weighted by molar-refractivity contribution is -0.136. The molecule has 0 aliphatic carbocycles. The molecule has 0 radical (unpaired) electrons. The van der Waals surface area contributed by atoms with E-state index in [1.807, 2.05) is 48.5 Å². The summed E-state index contributed by atoms with van der Waals surface area (Å²) in [5, 5.41) is 58.6. The number of aliphatic hydroxyl groups excluding tert-OH is 1. The predicted octanol–water partition coefficient (Wildman–Crippen LogP) is -2.33. The molecule has 99 heavy (non-hydrogen) atoms. The predicted molar refractivity (Wildman–Crippen MR) is 377 cm³/mol. The Morgan fingerprint density at radius 2 is 0.758 bits per heavy atom. The number of benzene rings is 4. The van der Waals surface area contributed by atoms with Crippen molar-refractivity contribution in [1.29, 1.82) is 10.8 Å². The maximum Gasteiger partial charge on any atom is 0.245 e. The van der Waals surface area contributed by atoms with E-state index in [1.54, 1.807) is 73.1 Å². The number of carbonyl (C=O) groups is 11. The first-order valence-electron chi connectivity index (χ1n) is 31.8. The first-order valence-corrected chi connectivity index (χ1v) is 33.1. The number of hydrogen-bond acceptors (Lipinski definition) is 16. The van der Waals surface area contributed by atoms with Gasteiger partial charge in [-0.15, -0.1) is 0 Å². The van der Waals surface area contributed by atoms with Gasteiger partial charge in [0.05, 0.1) is 6.61 Å². The van der Waals surface area contributed by atoms with Crippen molar-refractivity contribution in [3.63, 3.8) is 0 Å². The van der Waals surface area contributed by atoms with E-state index >= 15 is 0 Å². The molecule has 0 aliphatic heterocycles. The standard InChI is InChI=1S/C66H87N19O12S2/c1-36(56(89)84-53(34-98)64(97)80-48(55(67)88)29-40-31-74-44-21-11-9-19-42(40)44)76-62(95)52(33-86)83-58(91)47(24-14-26-73-66(70)71)78-59(92)49(27-38-15-5-3-6-16-38)82-60(93)50(28-39-17-7-4-8-18-39)81-57(90)46(23-13-25-72-65(68)69)79-63(96)54(35-99)85-61(94)51(77-37(2)87)30-41-32-75-45-22-12-10-20-43(41)45/h3-12,15-22,31-32,36,46-54,74-75,86,98-99H,13-14,23-30,33-35H2,1-2H3,(H2,67,88)(H,76,95)(H,77,87)(H,78,92)(H,79,96)(H,80,97)(H,81,90)(H,82,93)(H,83,91)(H,84,89)(H,85,94)(H4,68,69,72)(H4,70,71,73)/t36-,46-,47-,48-,49-,50-,51-,52-,53-,54-/m0/s1. The van der Waals surface area contributed by atoms with E-state index in [4.69, 9.17) is 28.0 Å². The van der Waals surface area contributed by atoms with Crippen molar-refractivity contribution in [3.05, 3.63) is 144 Å². The normalized spacial score (nSPS) is 14.1. The summed E-state index contributed by atoms with van der Waals surface area (Å²) in [5.41, 5.74) is 20.8. The Kier molecular flexibility index (Phi) is 30.4. The van der Waals surface area contributed by atoms with Crippen LogP contribution in [0.4, 0.5) is 0 Å². The molecule has 6 rings (SSSR count). The van der Waals surface area contributed by atoms with Crippen molar-refractivity contribution in [2.24, 2.45) is 17.2 Å². The summed E-state index contributed by atoms with van der Waals surface area (Å²) >= 11 is 8.57. The average molecular weight is 1400 g/mol. The number of primary amides is 1. The number of para-hydroxylation sites is 2. The van der Waals surface area contributed by atoms with Crippen molar-refractivity contribution >= 4 is 124 Å². The van der Waals surface area contributed by atoms with Crippen LogP contribution in [0, 0.1) is 10.8 Å². The van der Waals surface area contributed by atoms with Crippen LogP contribution in [0.2, 0.25) is 0 Å². The third-order valence-electron chi connectivity index (χ3n) is 15.8. The number of guanidine groups is 2. The number of carbonyl (C=O) groups excluding carboxylic acids is 11. The highest BCUT2D eigenvalue weighted by molar-refractivity contribution is 7.80. The Bertz CT molecular complexity index is 3800. The number of aliphatic hydroxyl groups is 1. The quantitative estimate of drug-likeness (QED) is 0.00833. The third-order valence-corrected chi connectivity index (χ3v) is 16.5. The van der Waals surface area contributed by atoms with E-state index in [9.17, 15) is 57.8 Å². The molecular weight excluding hydrogens is 1310 g/mol. The number of H-pyrrole nitrogens is 2. The van der Waals surface area contributed by atoms with Crippen LogP contribution < -0.4 is 81.0 Å². The van der Waals surface area contributed by atoms with E-state index < -0.39 is 138 Å². The molecule has 10 atom stereocenters. The number of nitrogens with two attached hydrogens (primary N) is 3. The van der Waals surface area contributed by atoms with Gasteiger partial charge >= 0.3 is 0 Å². The highest BCUT2D eigenvalue weighted by Gasteiger charge is 2.36. The summed E-state index contributed by atoms with van der Waals surface area (Å²) in [6.45, 7) is 1.59. The largest absolute Gasteiger partial charge is 0.394 e. The van der Waals surface area contributed by atoms with E-state index in [0.717, 1.165) is 21.8 Å². The molecular formula is C66H87N19O12S2. The number of rotatable bonds is 39. The minimum Gasteiger partial charge on any atom is -0.394 e. The van der Waals surface area contributed by atoms with Crippen molar-refractivity contribution in [1.82, 2.24) is 73.8 Å². The molecule has 0 bridgehead atoms. The number of aromatic amines is 2. The summed E-state index contributed by atoms with van der Waals surface area (Å²) in [4.78, 5) is 159. The summed E-state index contributed by atoms with van der Waals surface area (Å²) < 4.78 is 0. The number of hydrogen-bond donors (Lipinski definition) is 22. The van der Waals surface area contributed by atoms with Crippen molar-refractivity contribution in [3.8, 4) is 0 Å². The van der Waals surface area contributed by atoms with Crippen molar-refractivity contribution in [2.75, 3.05) is 31.2 Å². The van der Waals surface area contributed by atoms with Crippen LogP contribution in [0.3, 0.4) is 0 Å². The second-order valence-corrected chi connectivity index (χ2v) is 24.1. The number of nitrogens with one attached hydrogen (secondary N) is 16. The lowest BCUT2D eigenvalue weighted by Crippen LogP contribution is -2.61. The molecule has 530 valence electrons. The van der Waals surface area contributed by atoms with Crippen LogP contribution in [-0.2, 0) is 78.4 Å². The van der Waals surface area contributed by atoms with Crippen LogP contribution in [-0.4, -0.2) is 184 Å². The van der Waals surface area contributed by atoms with Gasteiger partial charge in [-0.25, -0.2) is 0 Å². The minimum atomic E-state index is -1.75. The summed E-state index contributed by atoms with van der Waals surface area (Å²) in [6.07, 6.45) is 3.00. The van der Waals surface area contributed by atoms with Gasteiger partial charge in [0.2, 0.25) is 65.0 Å². The van der Waals surface area contributed by atoms with Gasteiger partial charge in [0.25, 0.3) is 0 Å². The Balaban J connectivity index is 1.18. The van der Waals surface area contributed by atoms with Crippen LogP contribution in [0.1, 0.15) is 61.8 Å². The maximum atomic E-state index is 14.9. The van der Waals surface area contributed by atoms with Gasteiger partial charge in [-0.2, -0.15) is 25.3 Å². The monoisotopic (exact) mass is 1400 g/mol. The third kappa shape index (κ3) is 24.4. The molecule has 2 heterocycles. The molecule has 2 aromatic heterocycles. The molecule has 0 saturated carbocycles. The maximum absolute atomic E-state index is 14.9. The molecule has 0 saturated heterocycles. The zero-order chi connectivity index (χ0) is 72.1. The van der Waals surface area contributed by atoms with Crippen molar-refractivity contribution in [2.45, 2.75) is 126 Å². The molecule has 11 amide bonds. The summed E-state index contributed by atoms with van der Waals surface area (Å²) in [5.74, 6) is -10.7. The highest BCUT2D eigenvalue weighted by Crippen LogP contribution is 2.21. The molecule has 0 fully saturated rings. The van der Waals surface area contributed by atoms with Gasteiger partial charge < -0.3 is 96.1 Å². The average Bonchev–Trinajstić information content (AvgIpc) is 1.72. The van der Waals surface area contributed by atoms with Crippen LogP contribution in [0.25, 0.3) is 21.8 Å². The van der Waals surface area contributed by atoms with E-state index in [0.29, 0.717) is 22.3 Å². The Labute approximate surface area is 581 Å². The second-order valence-electron chi connectivity index (χ2n) is 23.4. The van der Waals surface area contributed by atoms with Gasteiger partial charge in [-0.1, -0.05) is 97.1 Å². The topological polar surface area (TPSA) is 510 Å². The van der Waals surface area contributed by atoms with E-state index in [2.05, 4.69) is 99.0 Å². The summed E-state index contributed by atoms with van der Waals surface area (Å²) in [6, 6.07) is 17.5. The van der Waals surface area contributed by atoms with Gasteiger partial charge in [0.15, 0.2) is 11.9 Å². The second kappa shape index (κ2) is 38.9. The zero-order valence-corrected chi connectivity index (χ0v) is 56.4. The molecule has 6 aromatic rings. The van der Waals surface area contributed by atoms with E-state index in [-0.39, 0.29) is 81.9 Å². The van der Waals surface area contributed by atoms with Gasteiger partial charge in [-0.05, 0) is 67.0 Å². The number of thiol groups is 2. The summed E-state index contributed by atoms with van der Waals surface area (Å²) in [7, 11) is 0. The number of amides is 11. The molecule has 0 spiro atoms. The lowest BCUT2D eigenvalue weighted by Gasteiger charge is -2.28. The zero-order valence-electron chi connectivity index (χ0n) is 54.6. The van der Waals surface area contributed by atoms with Gasteiger partial charge in [-0.3, -0.25) is 63.6 Å². The highest BCUT2D eigenvalue weighted by atomic mass is 32.1. The molecule has 0 unspecified atom stereocenters. The molecule has 31 nitrogen and oxygen atoms in total. The van der Waals surface area contributed by atoms with Crippen LogP contribution in [0.15, 0.2) is 122 Å². The lowest BCUT2D eigenvalue weighted by atomic mass is 10.0. The number of fused-ring (bicyclic) bond motifs is 2. The van der Waals surface area contributed by atoms with Crippen molar-refractivity contribution < 1.29 is 57.8 Å². The molecule has 4 aromatic carbocycles. The molecule has 33 heteroatoms. The Morgan fingerprint density at radius 1 is 0.424 bits per heavy atom. The molecule has 23 N–H and O–H groups in total. The van der Waals surface area contributed by atoms with Crippen LogP contribution in [0.5, 0.6) is 0 Å². The minimum absolute atomic E-state index is 0.0166.